The minimum atomic E-state index is -0.358. The highest BCUT2D eigenvalue weighted by Gasteiger charge is 2.49. The largest absolute Gasteiger partial charge is 0.455 e. The number of fused-ring (bicyclic) bond motifs is 16. The summed E-state index contributed by atoms with van der Waals surface area (Å²) in [7, 11) is 0. The van der Waals surface area contributed by atoms with Crippen molar-refractivity contribution in [3.63, 3.8) is 0 Å². The number of furan rings is 1. The summed E-state index contributed by atoms with van der Waals surface area (Å²) in [6, 6.07) is 79.8. The Balaban J connectivity index is 0.950. The zero-order chi connectivity index (χ0) is 50.7. The molecule has 2 aliphatic rings. The van der Waals surface area contributed by atoms with Crippen molar-refractivity contribution in [2.75, 3.05) is 0 Å². The van der Waals surface area contributed by atoms with Crippen molar-refractivity contribution in [2.45, 2.75) is 64.7 Å². The molecule has 15 rings (SSSR count). The zero-order valence-electron chi connectivity index (χ0n) is 43.6. The van der Waals surface area contributed by atoms with Gasteiger partial charge in [-0.25, -0.2) is 0 Å². The third-order valence-corrected chi connectivity index (χ3v) is 17.5. The standard InChI is InChI=1S/C74H56O/c1-72(2,3)47-37-33-44(34-38-47)63-50-25-13-17-29-54(50)64(55-30-18-14-26-51(55)63)45-35-39-56-59(41-45)73(4,5)69-66(56)67-58-31-19-20-32-61(58)75-71(67)68-57-40-36-46(42-60(57)74(6,7)70(68)69)65-52-27-15-11-23-48(52)62(43-21-9-8-10-22-43)49-24-12-16-28-53(49)65/h8-42H,1-7H3. The Morgan fingerprint density at radius 3 is 1.11 bits per heavy atom. The van der Waals surface area contributed by atoms with Crippen LogP contribution in [0.1, 0.15) is 76.3 Å². The van der Waals surface area contributed by atoms with E-state index in [1.165, 1.54) is 148 Å². The second kappa shape index (κ2) is 15.5. The maximum Gasteiger partial charge on any atom is 0.144 e. The van der Waals surface area contributed by atoms with Crippen LogP contribution in [-0.2, 0) is 16.2 Å². The van der Waals surface area contributed by atoms with Gasteiger partial charge in [0.2, 0.25) is 0 Å². The van der Waals surface area contributed by atoms with Crippen LogP contribution in [0.2, 0.25) is 0 Å². The van der Waals surface area contributed by atoms with E-state index in [2.05, 4.69) is 261 Å². The quantitative estimate of drug-likeness (QED) is 0.160. The molecule has 1 nitrogen and oxygen atoms in total. The van der Waals surface area contributed by atoms with Gasteiger partial charge >= 0.3 is 0 Å². The lowest BCUT2D eigenvalue weighted by molar-refractivity contribution is 0.590. The Bertz CT molecular complexity index is 4480. The molecule has 2 aliphatic carbocycles. The minimum absolute atomic E-state index is 0.0788. The predicted octanol–water partition coefficient (Wildman–Crippen LogP) is 20.8. The van der Waals surface area contributed by atoms with Crippen molar-refractivity contribution in [3.05, 3.63) is 240 Å². The number of hydrogen-bond acceptors (Lipinski definition) is 1. The van der Waals surface area contributed by atoms with Crippen LogP contribution in [0.4, 0.5) is 0 Å². The normalized spacial score (nSPS) is 14.3. The molecule has 0 atom stereocenters. The zero-order valence-corrected chi connectivity index (χ0v) is 43.6. The van der Waals surface area contributed by atoms with Crippen molar-refractivity contribution in [1.29, 1.82) is 0 Å². The molecule has 0 spiro atoms. The first-order valence-electron chi connectivity index (χ1n) is 26.8. The van der Waals surface area contributed by atoms with E-state index in [4.69, 9.17) is 4.42 Å². The summed E-state index contributed by atoms with van der Waals surface area (Å²) in [5, 5.41) is 12.5. The van der Waals surface area contributed by atoms with Crippen LogP contribution in [0.15, 0.2) is 217 Å². The van der Waals surface area contributed by atoms with Gasteiger partial charge in [0.25, 0.3) is 0 Å². The Labute approximate surface area is 438 Å². The molecule has 0 aliphatic heterocycles. The molecule has 1 heteroatoms. The molecule has 0 N–H and O–H groups in total. The molecule has 1 aromatic heterocycles. The maximum absolute atomic E-state index is 7.20. The van der Waals surface area contributed by atoms with Gasteiger partial charge in [-0.15, -0.1) is 0 Å². The molecular weight excluding hydrogens is 905 g/mol. The third kappa shape index (κ3) is 6.07. The van der Waals surface area contributed by atoms with Crippen molar-refractivity contribution >= 4 is 65.0 Å². The molecule has 75 heavy (non-hydrogen) atoms. The molecule has 0 saturated heterocycles. The summed E-state index contributed by atoms with van der Waals surface area (Å²) in [6.45, 7) is 16.8. The Morgan fingerprint density at radius 1 is 0.320 bits per heavy atom. The number of para-hydroxylation sites is 1. The van der Waals surface area contributed by atoms with Gasteiger partial charge in [-0.2, -0.15) is 0 Å². The Hall–Kier alpha value is -8.52. The number of hydrogen-bond donors (Lipinski definition) is 0. The van der Waals surface area contributed by atoms with Crippen molar-refractivity contribution in [2.24, 2.45) is 0 Å². The van der Waals surface area contributed by atoms with E-state index in [-0.39, 0.29) is 16.2 Å². The predicted molar refractivity (Wildman–Crippen MR) is 319 cm³/mol. The van der Waals surface area contributed by atoms with Crippen LogP contribution in [0, 0.1) is 0 Å². The fraction of sp³-hybridized carbons (Fsp3) is 0.135. The van der Waals surface area contributed by atoms with E-state index in [0.717, 1.165) is 11.2 Å². The van der Waals surface area contributed by atoms with Gasteiger partial charge in [-0.3, -0.25) is 0 Å². The molecule has 0 amide bonds. The van der Waals surface area contributed by atoms with Crippen molar-refractivity contribution in [1.82, 2.24) is 0 Å². The van der Waals surface area contributed by atoms with E-state index < -0.39 is 0 Å². The second-order valence-electron chi connectivity index (χ2n) is 23.4. The van der Waals surface area contributed by atoms with Crippen LogP contribution < -0.4 is 0 Å². The molecule has 12 aromatic carbocycles. The first kappa shape index (κ1) is 44.0. The monoisotopic (exact) mass is 960 g/mol. The Morgan fingerprint density at radius 2 is 0.667 bits per heavy atom. The smallest absolute Gasteiger partial charge is 0.144 e. The molecule has 0 bridgehead atoms. The summed E-state index contributed by atoms with van der Waals surface area (Å²) < 4.78 is 7.20. The van der Waals surface area contributed by atoms with E-state index in [0.29, 0.717) is 0 Å². The van der Waals surface area contributed by atoms with E-state index in [9.17, 15) is 0 Å². The summed E-state index contributed by atoms with van der Waals surface area (Å²) in [5.41, 5.74) is 23.3. The van der Waals surface area contributed by atoms with E-state index in [1.54, 1.807) is 0 Å². The van der Waals surface area contributed by atoms with Gasteiger partial charge in [0, 0.05) is 27.2 Å². The molecule has 358 valence electrons. The van der Waals surface area contributed by atoms with Crippen LogP contribution in [-0.4, -0.2) is 0 Å². The van der Waals surface area contributed by atoms with E-state index in [1.807, 2.05) is 0 Å². The molecule has 0 unspecified atom stereocenters. The fourth-order valence-corrected chi connectivity index (χ4v) is 14.1. The third-order valence-electron chi connectivity index (χ3n) is 17.5. The van der Waals surface area contributed by atoms with Gasteiger partial charge in [0.05, 0.1) is 0 Å². The molecule has 0 saturated carbocycles. The molecule has 0 radical (unpaired) electrons. The summed E-state index contributed by atoms with van der Waals surface area (Å²) >= 11 is 0. The van der Waals surface area contributed by atoms with E-state index >= 15 is 0 Å². The highest BCUT2D eigenvalue weighted by Crippen LogP contribution is 2.64. The minimum Gasteiger partial charge on any atom is -0.455 e. The van der Waals surface area contributed by atoms with Gasteiger partial charge in [0.15, 0.2) is 0 Å². The number of benzene rings is 12. The molecule has 0 fully saturated rings. The SMILES string of the molecule is CC(C)(C)c1ccc(-c2c3ccccc3c(-c3ccc4c(c3)C(C)(C)c3c5c(c6oc7ccccc7c6c3-4)-c3ccc(-c4c6ccccc6c(-c6ccccc6)c6ccccc46)cc3C5(C)C)c3ccccc23)cc1. The van der Waals surface area contributed by atoms with Crippen LogP contribution >= 0.6 is 0 Å². The highest BCUT2D eigenvalue weighted by atomic mass is 16.3. The van der Waals surface area contributed by atoms with Crippen molar-refractivity contribution < 1.29 is 4.42 Å². The van der Waals surface area contributed by atoms with Gasteiger partial charge in [0.1, 0.15) is 11.2 Å². The average molecular weight is 961 g/mol. The molecule has 13 aromatic rings. The van der Waals surface area contributed by atoms with Gasteiger partial charge in [-0.1, -0.05) is 243 Å². The number of rotatable bonds is 4. The summed E-state index contributed by atoms with van der Waals surface area (Å²) in [5.74, 6) is 0. The lowest BCUT2D eigenvalue weighted by atomic mass is 9.71. The van der Waals surface area contributed by atoms with Gasteiger partial charge < -0.3 is 4.42 Å². The highest BCUT2D eigenvalue weighted by molar-refractivity contribution is 6.25. The summed E-state index contributed by atoms with van der Waals surface area (Å²) in [4.78, 5) is 0. The average Bonchev–Trinajstić information content (AvgIpc) is 4.03. The lowest BCUT2D eigenvalue weighted by Crippen LogP contribution is -2.24. The van der Waals surface area contributed by atoms with Crippen LogP contribution in [0.3, 0.4) is 0 Å². The Kier molecular flexibility index (Phi) is 9.10. The van der Waals surface area contributed by atoms with Crippen molar-refractivity contribution in [3.8, 4) is 66.8 Å². The van der Waals surface area contributed by atoms with Crippen LogP contribution in [0.25, 0.3) is 132 Å². The topological polar surface area (TPSA) is 13.1 Å². The first-order valence-corrected chi connectivity index (χ1v) is 26.8. The maximum atomic E-state index is 7.20. The first-order chi connectivity index (χ1) is 36.4. The fourth-order valence-electron chi connectivity index (χ4n) is 14.1. The summed E-state index contributed by atoms with van der Waals surface area (Å²) in [6.07, 6.45) is 0. The second-order valence-corrected chi connectivity index (χ2v) is 23.4. The van der Waals surface area contributed by atoms with Crippen LogP contribution in [0.5, 0.6) is 0 Å². The van der Waals surface area contributed by atoms with Gasteiger partial charge in [-0.05, 0) is 156 Å². The molecule has 1 heterocycles. The molecular formula is C74H56O. The lowest BCUT2D eigenvalue weighted by Gasteiger charge is -2.31.